The van der Waals surface area contributed by atoms with Gasteiger partial charge in [-0.05, 0) is 6.92 Å². The number of alkyl halides is 2. The van der Waals surface area contributed by atoms with Crippen molar-refractivity contribution in [2.75, 3.05) is 17.1 Å². The maximum atomic E-state index is 5.84. The summed E-state index contributed by atoms with van der Waals surface area (Å²) >= 11 is 13.0. The van der Waals surface area contributed by atoms with E-state index in [0.717, 1.165) is 11.0 Å². The molecule has 6 heteroatoms. The van der Waals surface area contributed by atoms with Crippen molar-refractivity contribution in [3.63, 3.8) is 0 Å². The van der Waals surface area contributed by atoms with E-state index in [1.165, 1.54) is 11.5 Å². The molecule has 0 aliphatic heterocycles. The molecule has 0 aliphatic carbocycles. The minimum absolute atomic E-state index is 0.323. The molecule has 0 amide bonds. The van der Waals surface area contributed by atoms with Crippen molar-refractivity contribution in [1.82, 2.24) is 9.36 Å². The molecule has 1 aromatic heterocycles. The Hall–Kier alpha value is -0.0600. The van der Waals surface area contributed by atoms with Gasteiger partial charge in [0.25, 0.3) is 0 Å². The number of aromatic nitrogens is 2. The van der Waals surface area contributed by atoms with Crippen LogP contribution in [-0.2, 0) is 0 Å². The maximum Gasteiger partial charge on any atom is 0.203 e. The molecule has 0 atom stereocenters. The SMILES string of the molecule is CC(C)c1nsc(NC(C)(CCl)CCl)n1. The summed E-state index contributed by atoms with van der Waals surface area (Å²) in [6.07, 6.45) is 0. The topological polar surface area (TPSA) is 37.8 Å². The van der Waals surface area contributed by atoms with Crippen molar-refractivity contribution in [2.24, 2.45) is 0 Å². The number of anilines is 1. The third kappa shape index (κ3) is 3.47. The lowest BCUT2D eigenvalue weighted by molar-refractivity contribution is 0.647. The fraction of sp³-hybridized carbons (Fsp3) is 0.778. The first kappa shape index (κ1) is 13.0. The largest absolute Gasteiger partial charge is 0.353 e. The van der Waals surface area contributed by atoms with E-state index in [2.05, 4.69) is 28.5 Å². The van der Waals surface area contributed by atoms with Crippen LogP contribution < -0.4 is 5.32 Å². The Balaban J connectivity index is 2.72. The van der Waals surface area contributed by atoms with E-state index in [9.17, 15) is 0 Å². The molecule has 0 unspecified atom stereocenters. The van der Waals surface area contributed by atoms with Gasteiger partial charge in [-0.1, -0.05) is 13.8 Å². The zero-order valence-electron chi connectivity index (χ0n) is 9.05. The highest BCUT2D eigenvalue weighted by atomic mass is 35.5. The quantitative estimate of drug-likeness (QED) is 0.832. The number of hydrogen-bond acceptors (Lipinski definition) is 4. The van der Waals surface area contributed by atoms with Crippen molar-refractivity contribution >= 4 is 39.9 Å². The second-order valence-corrected chi connectivity index (χ2v) is 5.35. The molecule has 3 nitrogen and oxygen atoms in total. The fourth-order valence-corrected chi connectivity index (χ4v) is 2.16. The molecule has 0 aliphatic rings. The zero-order valence-corrected chi connectivity index (χ0v) is 11.4. The summed E-state index contributed by atoms with van der Waals surface area (Å²) < 4.78 is 4.25. The summed E-state index contributed by atoms with van der Waals surface area (Å²) in [4.78, 5) is 4.37. The minimum Gasteiger partial charge on any atom is -0.353 e. The molecule has 86 valence electrons. The molecule has 0 fully saturated rings. The highest BCUT2D eigenvalue weighted by Gasteiger charge is 2.23. The number of halogens is 2. The van der Waals surface area contributed by atoms with E-state index in [-0.39, 0.29) is 5.54 Å². The van der Waals surface area contributed by atoms with Gasteiger partial charge in [0.05, 0.1) is 5.54 Å². The molecule has 1 rings (SSSR count). The van der Waals surface area contributed by atoms with Crippen molar-refractivity contribution in [1.29, 1.82) is 0 Å². The molecule has 15 heavy (non-hydrogen) atoms. The molecule has 0 saturated carbocycles. The van der Waals surface area contributed by atoms with Gasteiger partial charge in [-0.3, -0.25) is 0 Å². The summed E-state index contributed by atoms with van der Waals surface area (Å²) in [6, 6.07) is 0. The number of nitrogens with zero attached hydrogens (tertiary/aromatic N) is 2. The van der Waals surface area contributed by atoms with Crippen molar-refractivity contribution in [2.45, 2.75) is 32.2 Å². The van der Waals surface area contributed by atoms with Gasteiger partial charge in [0.2, 0.25) is 5.13 Å². The van der Waals surface area contributed by atoms with Crippen molar-refractivity contribution in [3.05, 3.63) is 5.82 Å². The first-order valence-corrected chi connectivity index (χ1v) is 6.58. The molecule has 0 saturated heterocycles. The highest BCUT2D eigenvalue weighted by molar-refractivity contribution is 7.09. The van der Waals surface area contributed by atoms with Crippen molar-refractivity contribution < 1.29 is 0 Å². The van der Waals surface area contributed by atoms with E-state index in [1.54, 1.807) is 0 Å². The standard InChI is InChI=1S/C9H15Cl2N3S/c1-6(2)7-12-8(15-14-7)13-9(3,4-10)5-11/h6H,4-5H2,1-3H3,(H,12,13,14). The van der Waals surface area contributed by atoms with E-state index < -0.39 is 0 Å². The van der Waals surface area contributed by atoms with Crippen LogP contribution in [-0.4, -0.2) is 26.7 Å². The Morgan fingerprint density at radius 3 is 2.40 bits per heavy atom. The van der Waals surface area contributed by atoms with E-state index in [0.29, 0.717) is 17.7 Å². The first-order chi connectivity index (χ1) is 7.00. The third-order valence-electron chi connectivity index (χ3n) is 1.96. The second-order valence-electron chi connectivity index (χ2n) is 4.07. The van der Waals surface area contributed by atoms with Crippen LogP contribution in [0.2, 0.25) is 0 Å². The lowest BCUT2D eigenvalue weighted by Crippen LogP contribution is -2.38. The Kier molecular flexibility index (Phi) is 4.62. The fourth-order valence-electron chi connectivity index (χ4n) is 0.881. The van der Waals surface area contributed by atoms with Crippen LogP contribution in [0.1, 0.15) is 32.5 Å². The van der Waals surface area contributed by atoms with Crippen LogP contribution in [0.5, 0.6) is 0 Å². The molecule has 1 N–H and O–H groups in total. The number of hydrogen-bond donors (Lipinski definition) is 1. The predicted molar refractivity (Wildman–Crippen MR) is 67.5 cm³/mol. The summed E-state index contributed by atoms with van der Waals surface area (Å²) in [5, 5.41) is 3.99. The van der Waals surface area contributed by atoms with Gasteiger partial charge in [0, 0.05) is 29.2 Å². The smallest absolute Gasteiger partial charge is 0.203 e. The van der Waals surface area contributed by atoms with Crippen molar-refractivity contribution in [3.8, 4) is 0 Å². The lowest BCUT2D eigenvalue weighted by atomic mass is 10.1. The van der Waals surface area contributed by atoms with E-state index >= 15 is 0 Å². The zero-order chi connectivity index (χ0) is 11.5. The predicted octanol–water partition coefficient (Wildman–Crippen LogP) is 3.31. The van der Waals surface area contributed by atoms with E-state index in [1.807, 2.05) is 6.92 Å². The van der Waals surface area contributed by atoms with Gasteiger partial charge in [-0.2, -0.15) is 4.37 Å². The van der Waals surface area contributed by atoms with Crippen LogP contribution in [0.25, 0.3) is 0 Å². The van der Waals surface area contributed by atoms with Gasteiger partial charge in [0.1, 0.15) is 5.82 Å². The number of rotatable bonds is 5. The van der Waals surface area contributed by atoms with Crippen LogP contribution in [0, 0.1) is 0 Å². The summed E-state index contributed by atoms with van der Waals surface area (Å²) in [5.74, 6) is 2.07. The molecular formula is C9H15Cl2N3S. The number of nitrogens with one attached hydrogen (secondary N) is 1. The molecule has 0 radical (unpaired) electrons. The Bertz CT molecular complexity index is 310. The van der Waals surface area contributed by atoms with Crippen LogP contribution in [0.3, 0.4) is 0 Å². The summed E-state index contributed by atoms with van der Waals surface area (Å²) in [5.41, 5.74) is -0.323. The van der Waals surface area contributed by atoms with Gasteiger partial charge in [0.15, 0.2) is 0 Å². The second kappa shape index (κ2) is 5.32. The third-order valence-corrected chi connectivity index (χ3v) is 3.78. The maximum absolute atomic E-state index is 5.84. The van der Waals surface area contributed by atoms with Gasteiger partial charge in [-0.15, -0.1) is 23.2 Å². The van der Waals surface area contributed by atoms with Crippen LogP contribution >= 0.6 is 34.7 Å². The van der Waals surface area contributed by atoms with Crippen LogP contribution in [0.15, 0.2) is 0 Å². The molecule has 1 heterocycles. The Morgan fingerprint density at radius 2 is 2.00 bits per heavy atom. The molecule has 0 spiro atoms. The van der Waals surface area contributed by atoms with Gasteiger partial charge in [-0.25, -0.2) is 4.98 Å². The monoisotopic (exact) mass is 267 g/mol. The van der Waals surface area contributed by atoms with Gasteiger partial charge >= 0.3 is 0 Å². The molecular weight excluding hydrogens is 253 g/mol. The normalized spacial score (nSPS) is 12.1. The average Bonchev–Trinajstić information content (AvgIpc) is 2.66. The first-order valence-electron chi connectivity index (χ1n) is 4.74. The minimum atomic E-state index is -0.323. The molecule has 1 aromatic rings. The summed E-state index contributed by atoms with van der Waals surface area (Å²) in [7, 11) is 0. The summed E-state index contributed by atoms with van der Waals surface area (Å²) in [6.45, 7) is 6.09. The highest BCUT2D eigenvalue weighted by Crippen LogP contribution is 2.22. The average molecular weight is 268 g/mol. The molecule has 0 aromatic carbocycles. The Labute approximate surface area is 104 Å². The van der Waals surface area contributed by atoms with Crippen LogP contribution in [0.4, 0.5) is 5.13 Å². The molecule has 0 bridgehead atoms. The van der Waals surface area contributed by atoms with Gasteiger partial charge < -0.3 is 5.32 Å². The lowest BCUT2D eigenvalue weighted by Gasteiger charge is -2.24. The Morgan fingerprint density at radius 1 is 1.40 bits per heavy atom. The van der Waals surface area contributed by atoms with E-state index in [4.69, 9.17) is 23.2 Å².